The summed E-state index contributed by atoms with van der Waals surface area (Å²) in [7, 11) is 0. The van der Waals surface area contributed by atoms with Gasteiger partial charge in [0.2, 0.25) is 5.28 Å². The summed E-state index contributed by atoms with van der Waals surface area (Å²) in [6.07, 6.45) is 4.02. The Kier molecular flexibility index (Phi) is 2.34. The lowest BCUT2D eigenvalue weighted by molar-refractivity contribution is 0.217. The molecule has 0 unspecified atom stereocenters. The molecule has 2 heterocycles. The van der Waals surface area contributed by atoms with Crippen LogP contribution < -0.4 is 16.0 Å². The molecule has 2 aliphatic rings. The predicted octanol–water partition coefficient (Wildman–Crippen LogP) is 0.591. The van der Waals surface area contributed by atoms with Crippen molar-refractivity contribution in [3.8, 4) is 0 Å². The fourth-order valence-electron chi connectivity index (χ4n) is 2.22. The molecule has 4 N–H and O–H groups in total. The number of nitrogens with two attached hydrogens (primary N) is 1. The molecule has 7 heteroatoms. The summed E-state index contributed by atoms with van der Waals surface area (Å²) in [5, 5.41) is 12.8. The monoisotopic (exact) mass is 253 g/mol. The van der Waals surface area contributed by atoms with Crippen LogP contribution in [0.2, 0.25) is 5.28 Å². The van der Waals surface area contributed by atoms with Crippen LogP contribution in [-0.4, -0.2) is 33.9 Å². The molecule has 0 saturated carbocycles. The van der Waals surface area contributed by atoms with Crippen molar-refractivity contribution < 1.29 is 5.11 Å². The zero-order valence-corrected chi connectivity index (χ0v) is 9.72. The zero-order valence-electron chi connectivity index (χ0n) is 8.97. The highest BCUT2D eigenvalue weighted by Gasteiger charge is 2.31. The van der Waals surface area contributed by atoms with Gasteiger partial charge >= 0.3 is 0 Å². The third-order valence-corrected chi connectivity index (χ3v) is 3.20. The summed E-state index contributed by atoms with van der Waals surface area (Å²) in [5.74, 6) is 1.05. The van der Waals surface area contributed by atoms with Gasteiger partial charge < -0.3 is 21.1 Å². The fraction of sp³-hybridized carbons (Fsp3) is 0.400. The molecule has 0 aromatic carbocycles. The average Bonchev–Trinajstić information content (AvgIpc) is 2.83. The summed E-state index contributed by atoms with van der Waals surface area (Å²) in [6, 6.07) is 0.115. The van der Waals surface area contributed by atoms with E-state index in [-0.39, 0.29) is 11.3 Å². The third-order valence-electron chi connectivity index (χ3n) is 3.03. The van der Waals surface area contributed by atoms with Crippen LogP contribution in [0.15, 0.2) is 12.2 Å². The minimum Gasteiger partial charge on any atom is -0.389 e. The maximum Gasteiger partial charge on any atom is 0.226 e. The molecule has 0 amide bonds. The Labute approximate surface area is 103 Å². The second kappa shape index (κ2) is 3.75. The minimum absolute atomic E-state index is 0.115. The summed E-state index contributed by atoms with van der Waals surface area (Å²) in [6.45, 7) is 0.594. The molecule has 1 aromatic rings. The number of nitrogen functional groups attached to an aromatic ring is 1. The lowest BCUT2D eigenvalue weighted by atomic mass is 10.2. The first-order valence-electron chi connectivity index (χ1n) is 5.35. The largest absolute Gasteiger partial charge is 0.389 e. The van der Waals surface area contributed by atoms with Crippen LogP contribution in [-0.2, 0) is 0 Å². The number of nitrogens with one attached hydrogen (secondary N) is 1. The molecule has 6 nitrogen and oxygen atoms in total. The maximum atomic E-state index is 9.50. The Morgan fingerprint density at radius 3 is 3.00 bits per heavy atom. The lowest BCUT2D eigenvalue weighted by Gasteiger charge is -2.23. The molecule has 0 bridgehead atoms. The molecule has 0 radical (unpaired) electrons. The van der Waals surface area contributed by atoms with Crippen LogP contribution in [0.25, 0.3) is 0 Å². The van der Waals surface area contributed by atoms with E-state index in [2.05, 4.69) is 15.3 Å². The lowest BCUT2D eigenvalue weighted by Crippen LogP contribution is -2.33. The first-order chi connectivity index (χ1) is 8.15. The van der Waals surface area contributed by atoms with Crippen molar-refractivity contribution >= 4 is 28.9 Å². The van der Waals surface area contributed by atoms with Crippen molar-refractivity contribution in [3.05, 3.63) is 17.4 Å². The minimum atomic E-state index is -0.390. The number of nitrogens with zero attached hydrogens (tertiary/aromatic N) is 3. The standard InChI is InChI=1S/C10H12ClN5O/c11-10-14-8(12)7-9(15-10)16(4-13-7)5-1-2-6(17)3-5/h1-2,5-6,13,17H,3-4H2,(H2,12,14,15)/t5-,6+/m0/s1. The summed E-state index contributed by atoms with van der Waals surface area (Å²) in [5.41, 5.74) is 6.48. The van der Waals surface area contributed by atoms with Gasteiger partial charge in [0.15, 0.2) is 11.6 Å². The van der Waals surface area contributed by atoms with Gasteiger partial charge in [0.1, 0.15) is 5.69 Å². The third kappa shape index (κ3) is 1.69. The highest BCUT2D eigenvalue weighted by Crippen LogP contribution is 2.37. The maximum absolute atomic E-state index is 9.50. The van der Waals surface area contributed by atoms with Gasteiger partial charge in [-0.25, -0.2) is 0 Å². The topological polar surface area (TPSA) is 87.3 Å². The molecule has 0 saturated heterocycles. The highest BCUT2D eigenvalue weighted by molar-refractivity contribution is 6.28. The van der Waals surface area contributed by atoms with Gasteiger partial charge in [-0.3, -0.25) is 0 Å². The van der Waals surface area contributed by atoms with E-state index < -0.39 is 6.10 Å². The predicted molar refractivity (Wildman–Crippen MR) is 66.0 cm³/mol. The molecule has 0 spiro atoms. The Hall–Kier alpha value is -1.53. The molecule has 0 fully saturated rings. The Morgan fingerprint density at radius 2 is 2.29 bits per heavy atom. The fourth-order valence-corrected chi connectivity index (χ4v) is 2.39. The second-order valence-electron chi connectivity index (χ2n) is 4.14. The number of aliphatic hydroxyl groups is 1. The number of anilines is 3. The highest BCUT2D eigenvalue weighted by atomic mass is 35.5. The molecule has 1 aromatic heterocycles. The van der Waals surface area contributed by atoms with E-state index in [0.717, 1.165) is 0 Å². The first-order valence-corrected chi connectivity index (χ1v) is 5.73. The van der Waals surface area contributed by atoms with Crippen molar-refractivity contribution in [3.63, 3.8) is 0 Å². The van der Waals surface area contributed by atoms with E-state index in [4.69, 9.17) is 17.3 Å². The smallest absolute Gasteiger partial charge is 0.226 e. The number of aromatic nitrogens is 2. The number of aliphatic hydroxyl groups excluding tert-OH is 1. The van der Waals surface area contributed by atoms with Gasteiger partial charge in [-0.05, 0) is 11.6 Å². The molecule has 1 aliphatic carbocycles. The Bertz CT molecular complexity index is 492. The van der Waals surface area contributed by atoms with Crippen LogP contribution in [0.5, 0.6) is 0 Å². The normalized spacial score (nSPS) is 26.1. The van der Waals surface area contributed by atoms with E-state index in [0.29, 0.717) is 30.4 Å². The van der Waals surface area contributed by atoms with Crippen molar-refractivity contribution in [2.45, 2.75) is 18.6 Å². The number of hydrogen-bond donors (Lipinski definition) is 3. The molecular formula is C10H12ClN5O. The van der Waals surface area contributed by atoms with Crippen LogP contribution in [0.4, 0.5) is 17.3 Å². The van der Waals surface area contributed by atoms with Gasteiger partial charge in [-0.1, -0.05) is 12.2 Å². The van der Waals surface area contributed by atoms with Gasteiger partial charge in [-0.15, -0.1) is 0 Å². The van der Waals surface area contributed by atoms with Crippen molar-refractivity contribution in [1.29, 1.82) is 0 Å². The van der Waals surface area contributed by atoms with Gasteiger partial charge in [0, 0.05) is 6.42 Å². The zero-order chi connectivity index (χ0) is 12.0. The SMILES string of the molecule is Nc1nc(Cl)nc2c1NCN2[C@H]1C=C[C@@H](O)C1. The van der Waals surface area contributed by atoms with E-state index in [1.54, 1.807) is 6.08 Å². The Morgan fingerprint density at radius 1 is 1.47 bits per heavy atom. The molecule has 3 rings (SSSR count). The number of halogens is 1. The van der Waals surface area contributed by atoms with Crippen LogP contribution in [0.3, 0.4) is 0 Å². The molecule has 1 aliphatic heterocycles. The van der Waals surface area contributed by atoms with Crippen LogP contribution in [0.1, 0.15) is 6.42 Å². The Balaban J connectivity index is 1.96. The van der Waals surface area contributed by atoms with Gasteiger partial charge in [-0.2, -0.15) is 9.97 Å². The van der Waals surface area contributed by atoms with E-state index >= 15 is 0 Å². The van der Waals surface area contributed by atoms with Crippen molar-refractivity contribution in [2.24, 2.45) is 0 Å². The molecule has 90 valence electrons. The first kappa shape index (κ1) is 10.6. The molecular weight excluding hydrogens is 242 g/mol. The van der Waals surface area contributed by atoms with Crippen LogP contribution >= 0.6 is 11.6 Å². The number of rotatable bonds is 1. The molecule has 2 atom stereocenters. The van der Waals surface area contributed by atoms with E-state index in [1.807, 2.05) is 11.0 Å². The number of hydrogen-bond acceptors (Lipinski definition) is 6. The van der Waals surface area contributed by atoms with Crippen molar-refractivity contribution in [1.82, 2.24) is 9.97 Å². The summed E-state index contributed by atoms with van der Waals surface area (Å²) < 4.78 is 0. The summed E-state index contributed by atoms with van der Waals surface area (Å²) in [4.78, 5) is 10.1. The molecule has 17 heavy (non-hydrogen) atoms. The number of fused-ring (bicyclic) bond motifs is 1. The second-order valence-corrected chi connectivity index (χ2v) is 4.47. The quantitative estimate of drug-likeness (QED) is 0.502. The van der Waals surface area contributed by atoms with Gasteiger partial charge in [0.25, 0.3) is 0 Å². The van der Waals surface area contributed by atoms with Gasteiger partial charge in [0.05, 0.1) is 18.8 Å². The van der Waals surface area contributed by atoms with E-state index in [1.165, 1.54) is 0 Å². The van der Waals surface area contributed by atoms with Crippen molar-refractivity contribution in [2.75, 3.05) is 22.6 Å². The van der Waals surface area contributed by atoms with Crippen LogP contribution in [0, 0.1) is 0 Å². The van der Waals surface area contributed by atoms with E-state index in [9.17, 15) is 5.11 Å². The average molecular weight is 254 g/mol. The summed E-state index contributed by atoms with van der Waals surface area (Å²) >= 11 is 5.81.